The highest BCUT2D eigenvalue weighted by Crippen LogP contribution is 2.26. The van der Waals surface area contributed by atoms with Gasteiger partial charge < -0.3 is 15.6 Å². The van der Waals surface area contributed by atoms with Gasteiger partial charge in [0.2, 0.25) is 15.9 Å². The van der Waals surface area contributed by atoms with E-state index in [0.717, 1.165) is 23.8 Å². The Morgan fingerprint density at radius 1 is 1.29 bits per heavy atom. The number of piperidine rings is 1. The number of rotatable bonds is 8. The zero-order chi connectivity index (χ0) is 25.2. The Bertz CT molecular complexity index is 1280. The number of nitrogens with one attached hydrogen (secondary N) is 2. The van der Waals surface area contributed by atoms with E-state index >= 15 is 0 Å². The summed E-state index contributed by atoms with van der Waals surface area (Å²) >= 11 is 0. The Labute approximate surface area is 206 Å². The van der Waals surface area contributed by atoms with Crippen LogP contribution in [0.5, 0.6) is 0 Å². The minimum absolute atomic E-state index is 0.0409. The number of pyridine rings is 1. The zero-order valence-corrected chi connectivity index (χ0v) is 21.3. The van der Waals surface area contributed by atoms with E-state index in [1.807, 2.05) is 26.0 Å². The fraction of sp³-hybridized carbons (Fsp3) is 0.480. The molecular weight excluding hydrogens is 464 g/mol. The number of carbonyl (C=O) groups is 1. The van der Waals surface area contributed by atoms with Crippen LogP contribution in [0.3, 0.4) is 0 Å². The molecular formula is C25H34N6O3S. The Balaban J connectivity index is 1.62. The van der Waals surface area contributed by atoms with Crippen LogP contribution in [0.25, 0.3) is 10.9 Å². The summed E-state index contributed by atoms with van der Waals surface area (Å²) in [5.74, 6) is 0.915. The van der Waals surface area contributed by atoms with Crippen LogP contribution < -0.4 is 10.5 Å². The minimum Gasteiger partial charge on any atom is -0.347 e. The first kappa shape index (κ1) is 25.3. The number of aryl methyl sites for hydroxylation is 1. The summed E-state index contributed by atoms with van der Waals surface area (Å²) in [6.45, 7) is 6.71. The fourth-order valence-corrected chi connectivity index (χ4v) is 6.24. The highest BCUT2D eigenvalue weighted by Gasteiger charge is 2.34. The van der Waals surface area contributed by atoms with Crippen molar-refractivity contribution >= 4 is 26.8 Å². The predicted octanol–water partition coefficient (Wildman–Crippen LogP) is 3.04. The molecule has 1 unspecified atom stereocenters. The summed E-state index contributed by atoms with van der Waals surface area (Å²) in [4.78, 5) is 27.1. The van der Waals surface area contributed by atoms with Gasteiger partial charge >= 0.3 is 0 Å². The molecule has 4 rings (SSSR count). The van der Waals surface area contributed by atoms with Crippen LogP contribution in [0, 0.1) is 12.8 Å². The number of aromatic amines is 1. The summed E-state index contributed by atoms with van der Waals surface area (Å²) in [5.41, 5.74) is 7.59. The Morgan fingerprint density at radius 2 is 2.09 bits per heavy atom. The second-order valence-corrected chi connectivity index (χ2v) is 11.4. The number of sulfonamides is 1. The van der Waals surface area contributed by atoms with Crippen molar-refractivity contribution in [3.05, 3.63) is 54.2 Å². The number of aromatic nitrogens is 3. The lowest BCUT2D eigenvalue weighted by atomic mass is 9.92. The van der Waals surface area contributed by atoms with Crippen LogP contribution in [0.2, 0.25) is 0 Å². The van der Waals surface area contributed by atoms with E-state index in [1.165, 1.54) is 6.07 Å². The Hall–Kier alpha value is -2.82. The molecule has 2 aromatic heterocycles. The van der Waals surface area contributed by atoms with Gasteiger partial charge in [-0.05, 0) is 63.1 Å². The molecule has 35 heavy (non-hydrogen) atoms. The van der Waals surface area contributed by atoms with Crippen LogP contribution in [-0.2, 0) is 14.8 Å². The van der Waals surface area contributed by atoms with Crippen LogP contribution in [-0.4, -0.2) is 52.8 Å². The average Bonchev–Trinajstić information content (AvgIpc) is 3.35. The smallest absolute Gasteiger partial charge is 0.243 e. The van der Waals surface area contributed by atoms with Crippen LogP contribution >= 0.6 is 0 Å². The van der Waals surface area contributed by atoms with E-state index in [-0.39, 0.29) is 23.3 Å². The molecule has 0 radical (unpaired) electrons. The number of nitrogens with two attached hydrogens (primary N) is 1. The van der Waals surface area contributed by atoms with Gasteiger partial charge in [0.1, 0.15) is 16.8 Å². The van der Waals surface area contributed by atoms with E-state index in [9.17, 15) is 13.2 Å². The minimum atomic E-state index is -4.04. The number of fused-ring (bicyclic) bond motifs is 1. The molecule has 4 atom stereocenters. The number of likely N-dealkylation sites (tertiary alicyclic amines) is 1. The molecule has 1 fully saturated rings. The standard InChI is InChI=1S/C25H34N6O3S/c1-16-9-12-31(18(3)13-16)25(32)21(8-7-20(26)24-27-10-11-28-24)30-35(33,34)22-6-4-5-19-14-17(2)15-29-23(19)22/h4-6,10-11,14-16,18,20-21,30H,7-9,12-13,26H2,1-3H3,(H,27,28)/t16-,18-,20?,21+/m1/s1. The van der Waals surface area contributed by atoms with Crippen molar-refractivity contribution < 1.29 is 13.2 Å². The number of para-hydroxylation sites is 1. The number of carbonyl (C=O) groups excluding carboxylic acids is 1. The first-order chi connectivity index (χ1) is 16.7. The van der Waals surface area contributed by atoms with Crippen molar-refractivity contribution in [3.8, 4) is 0 Å². The van der Waals surface area contributed by atoms with Crippen molar-refractivity contribution in [2.45, 2.75) is 69.5 Å². The summed E-state index contributed by atoms with van der Waals surface area (Å²) in [6.07, 6.45) is 7.37. The van der Waals surface area contributed by atoms with Gasteiger partial charge in [-0.1, -0.05) is 19.1 Å². The predicted molar refractivity (Wildman–Crippen MR) is 135 cm³/mol. The van der Waals surface area contributed by atoms with Gasteiger partial charge in [0.25, 0.3) is 0 Å². The third-order valence-corrected chi connectivity index (χ3v) is 8.26. The molecule has 0 saturated carbocycles. The van der Waals surface area contributed by atoms with Gasteiger partial charge in [-0.25, -0.2) is 13.4 Å². The normalized spacial score (nSPS) is 20.6. The molecule has 1 amide bonds. The number of nitrogens with zero attached hydrogens (tertiary/aromatic N) is 3. The molecule has 0 bridgehead atoms. The van der Waals surface area contributed by atoms with Crippen molar-refractivity contribution in [3.63, 3.8) is 0 Å². The maximum Gasteiger partial charge on any atom is 0.243 e. The number of hydrogen-bond acceptors (Lipinski definition) is 6. The second-order valence-electron chi connectivity index (χ2n) is 9.68. The first-order valence-electron chi connectivity index (χ1n) is 12.1. The van der Waals surface area contributed by atoms with Crippen molar-refractivity contribution in [2.75, 3.05) is 6.54 Å². The van der Waals surface area contributed by atoms with Gasteiger partial charge in [-0.3, -0.25) is 9.78 Å². The van der Waals surface area contributed by atoms with Gasteiger partial charge in [-0.15, -0.1) is 0 Å². The lowest BCUT2D eigenvalue weighted by Crippen LogP contribution is -2.53. The van der Waals surface area contributed by atoms with Crippen molar-refractivity contribution in [2.24, 2.45) is 11.7 Å². The monoisotopic (exact) mass is 498 g/mol. The molecule has 9 nitrogen and oxygen atoms in total. The van der Waals surface area contributed by atoms with Crippen LogP contribution in [0.15, 0.2) is 47.8 Å². The Kier molecular flexibility index (Phi) is 7.53. The molecule has 1 aliphatic rings. The fourth-order valence-electron chi connectivity index (χ4n) is 4.84. The molecule has 0 aliphatic carbocycles. The summed E-state index contributed by atoms with van der Waals surface area (Å²) in [7, 11) is -4.04. The van der Waals surface area contributed by atoms with Gasteiger partial charge in [-0.2, -0.15) is 4.72 Å². The number of hydrogen-bond donors (Lipinski definition) is 3. The molecule has 3 aromatic rings. The molecule has 1 aromatic carbocycles. The van der Waals surface area contributed by atoms with Gasteiger partial charge in [0.15, 0.2) is 0 Å². The Morgan fingerprint density at radius 3 is 2.80 bits per heavy atom. The lowest BCUT2D eigenvalue weighted by Gasteiger charge is -2.38. The molecule has 10 heteroatoms. The average molecular weight is 499 g/mol. The highest BCUT2D eigenvalue weighted by molar-refractivity contribution is 7.89. The first-order valence-corrected chi connectivity index (χ1v) is 13.6. The van der Waals surface area contributed by atoms with Crippen molar-refractivity contribution in [1.29, 1.82) is 0 Å². The molecule has 0 spiro atoms. The topological polar surface area (TPSA) is 134 Å². The zero-order valence-electron chi connectivity index (χ0n) is 20.4. The number of amides is 1. The summed E-state index contributed by atoms with van der Waals surface area (Å²) in [6, 6.07) is 5.59. The van der Waals surface area contributed by atoms with E-state index in [0.29, 0.717) is 30.2 Å². The lowest BCUT2D eigenvalue weighted by molar-refractivity contribution is -0.137. The SMILES string of the molecule is Cc1cnc2c(S(=O)(=O)N[C@@H](CCC(N)c3ncc[nH]3)C(=O)N3CC[C@@H](C)C[C@H]3C)cccc2c1. The molecule has 3 heterocycles. The molecule has 4 N–H and O–H groups in total. The molecule has 1 saturated heterocycles. The number of imidazole rings is 1. The third kappa shape index (κ3) is 5.71. The van der Waals surface area contributed by atoms with E-state index < -0.39 is 22.1 Å². The van der Waals surface area contributed by atoms with E-state index in [4.69, 9.17) is 5.73 Å². The highest BCUT2D eigenvalue weighted by atomic mass is 32.2. The number of benzene rings is 1. The maximum atomic E-state index is 13.7. The van der Waals surface area contributed by atoms with Gasteiger partial charge in [0, 0.05) is 36.6 Å². The summed E-state index contributed by atoms with van der Waals surface area (Å²) < 4.78 is 29.8. The van der Waals surface area contributed by atoms with Crippen LogP contribution in [0.1, 0.15) is 57.0 Å². The third-order valence-electron chi connectivity index (χ3n) is 6.75. The maximum absolute atomic E-state index is 13.7. The van der Waals surface area contributed by atoms with Crippen LogP contribution in [0.4, 0.5) is 0 Å². The number of H-pyrrole nitrogens is 1. The molecule has 1 aliphatic heterocycles. The molecule has 188 valence electrons. The van der Waals surface area contributed by atoms with Gasteiger partial charge in [0.05, 0.1) is 11.6 Å². The van der Waals surface area contributed by atoms with E-state index in [1.54, 1.807) is 29.6 Å². The van der Waals surface area contributed by atoms with Crippen molar-refractivity contribution in [1.82, 2.24) is 24.6 Å². The quantitative estimate of drug-likeness (QED) is 0.437. The van der Waals surface area contributed by atoms with E-state index in [2.05, 4.69) is 26.6 Å². The second kappa shape index (κ2) is 10.4. The largest absolute Gasteiger partial charge is 0.347 e. The summed E-state index contributed by atoms with van der Waals surface area (Å²) in [5, 5.41) is 0.731.